The predicted octanol–water partition coefficient (Wildman–Crippen LogP) is 4.54. The van der Waals surface area contributed by atoms with Crippen LogP contribution in [-0.2, 0) is 4.74 Å². The Morgan fingerprint density at radius 1 is 1.18 bits per heavy atom. The van der Waals surface area contributed by atoms with E-state index in [0.29, 0.717) is 0 Å². The number of benzene rings is 1. The topological polar surface area (TPSA) is 52.3 Å². The Morgan fingerprint density at radius 2 is 1.82 bits per heavy atom. The van der Waals surface area contributed by atoms with E-state index >= 15 is 0 Å². The molecule has 0 fully saturated rings. The molecule has 0 spiro atoms. The zero-order valence-corrected chi connectivity index (χ0v) is 13.6. The number of hydrogen-bond acceptors (Lipinski definition) is 4. The first-order chi connectivity index (χ1) is 10.1. The number of carbonyl (C=O) groups excluding carboxylic acids is 1. The number of aryl methyl sites for hydroxylation is 1. The zero-order chi connectivity index (χ0) is 16.7. The molecular formula is C16H17F2NO2S. The van der Waals surface area contributed by atoms with Gasteiger partial charge in [0.25, 0.3) is 0 Å². The lowest BCUT2D eigenvalue weighted by Crippen LogP contribution is -2.24. The van der Waals surface area contributed by atoms with Crippen LogP contribution in [-0.4, -0.2) is 11.6 Å². The highest BCUT2D eigenvalue weighted by molar-refractivity contribution is 7.14. The Hall–Kier alpha value is -1.95. The maximum atomic E-state index is 14.2. The van der Waals surface area contributed by atoms with Crippen LogP contribution in [0.3, 0.4) is 0 Å². The van der Waals surface area contributed by atoms with Crippen LogP contribution in [0.2, 0.25) is 0 Å². The smallest absolute Gasteiger partial charge is 0.342 e. The lowest BCUT2D eigenvalue weighted by atomic mass is 10.0. The number of nitrogen functional groups attached to an aromatic ring is 1. The second kappa shape index (κ2) is 5.68. The molecule has 0 amide bonds. The Balaban J connectivity index is 2.55. The fourth-order valence-electron chi connectivity index (χ4n) is 1.96. The van der Waals surface area contributed by atoms with Crippen LogP contribution in [0, 0.1) is 18.6 Å². The molecule has 1 heterocycles. The molecule has 2 rings (SSSR count). The third-order valence-corrected chi connectivity index (χ3v) is 3.80. The van der Waals surface area contributed by atoms with Crippen LogP contribution in [0.5, 0.6) is 0 Å². The van der Waals surface area contributed by atoms with Gasteiger partial charge < -0.3 is 10.5 Å². The van der Waals surface area contributed by atoms with E-state index in [-0.39, 0.29) is 27.3 Å². The van der Waals surface area contributed by atoms with Gasteiger partial charge in [0.2, 0.25) is 0 Å². The standard InChI is InChI=1S/C16H17F2NO2S/c1-8-5-6-9(13(18)12(8)17)10-7-22-14(19)11(10)15(20)21-16(2,3)4/h5-7H,19H2,1-4H3. The van der Waals surface area contributed by atoms with Crippen molar-refractivity contribution >= 4 is 22.3 Å². The SMILES string of the molecule is Cc1ccc(-c2csc(N)c2C(=O)OC(C)(C)C)c(F)c1F. The summed E-state index contributed by atoms with van der Waals surface area (Å²) in [7, 11) is 0. The average molecular weight is 325 g/mol. The first-order valence-corrected chi connectivity index (χ1v) is 7.55. The molecule has 2 N–H and O–H groups in total. The van der Waals surface area contributed by atoms with Crippen molar-refractivity contribution in [3.05, 3.63) is 40.3 Å². The molecule has 0 bridgehead atoms. The van der Waals surface area contributed by atoms with E-state index in [1.165, 1.54) is 24.4 Å². The normalized spacial score (nSPS) is 11.5. The Bertz CT molecular complexity index is 732. The molecule has 0 saturated heterocycles. The molecule has 0 saturated carbocycles. The molecule has 0 radical (unpaired) electrons. The van der Waals surface area contributed by atoms with E-state index in [9.17, 15) is 13.6 Å². The quantitative estimate of drug-likeness (QED) is 0.825. The van der Waals surface area contributed by atoms with Crippen molar-refractivity contribution in [3.8, 4) is 11.1 Å². The van der Waals surface area contributed by atoms with Gasteiger partial charge in [-0.3, -0.25) is 0 Å². The van der Waals surface area contributed by atoms with Crippen LogP contribution < -0.4 is 5.73 Å². The Kier molecular flexibility index (Phi) is 4.24. The summed E-state index contributed by atoms with van der Waals surface area (Å²) in [6, 6.07) is 2.89. The molecule has 0 aliphatic carbocycles. The maximum Gasteiger partial charge on any atom is 0.342 e. The molecule has 1 aromatic carbocycles. The third-order valence-electron chi connectivity index (χ3n) is 2.99. The van der Waals surface area contributed by atoms with Crippen molar-refractivity contribution < 1.29 is 18.3 Å². The molecule has 118 valence electrons. The minimum Gasteiger partial charge on any atom is -0.456 e. The highest BCUT2D eigenvalue weighted by Gasteiger charge is 2.26. The van der Waals surface area contributed by atoms with Gasteiger partial charge in [0.05, 0.1) is 0 Å². The van der Waals surface area contributed by atoms with Gasteiger partial charge >= 0.3 is 5.97 Å². The van der Waals surface area contributed by atoms with Crippen LogP contribution in [0.1, 0.15) is 36.7 Å². The van der Waals surface area contributed by atoms with Crippen molar-refractivity contribution in [2.24, 2.45) is 0 Å². The summed E-state index contributed by atoms with van der Waals surface area (Å²) in [5.74, 6) is -2.58. The van der Waals surface area contributed by atoms with E-state index in [1.807, 2.05) is 0 Å². The number of hydrogen-bond donors (Lipinski definition) is 1. The van der Waals surface area contributed by atoms with Crippen molar-refractivity contribution in [1.82, 2.24) is 0 Å². The van der Waals surface area contributed by atoms with E-state index in [0.717, 1.165) is 11.3 Å². The first-order valence-electron chi connectivity index (χ1n) is 6.67. The largest absolute Gasteiger partial charge is 0.456 e. The highest BCUT2D eigenvalue weighted by Crippen LogP contribution is 2.37. The summed E-state index contributed by atoms with van der Waals surface area (Å²) in [5, 5.41) is 1.74. The number of halogens is 2. The molecule has 0 aliphatic heterocycles. The van der Waals surface area contributed by atoms with E-state index in [1.54, 1.807) is 20.8 Å². The van der Waals surface area contributed by atoms with Crippen LogP contribution in [0.4, 0.5) is 13.8 Å². The lowest BCUT2D eigenvalue weighted by Gasteiger charge is -2.20. The molecule has 2 aromatic rings. The summed E-state index contributed by atoms with van der Waals surface area (Å²) >= 11 is 1.09. The highest BCUT2D eigenvalue weighted by atomic mass is 32.1. The number of rotatable bonds is 2. The Morgan fingerprint density at radius 3 is 2.41 bits per heavy atom. The molecule has 1 aromatic heterocycles. The number of nitrogens with two attached hydrogens (primary N) is 1. The average Bonchev–Trinajstić information content (AvgIpc) is 2.76. The second-order valence-corrected chi connectivity index (χ2v) is 6.86. The number of esters is 1. The predicted molar refractivity (Wildman–Crippen MR) is 84.0 cm³/mol. The third kappa shape index (κ3) is 3.11. The van der Waals surface area contributed by atoms with E-state index in [2.05, 4.69) is 0 Å². The van der Waals surface area contributed by atoms with Crippen LogP contribution >= 0.6 is 11.3 Å². The van der Waals surface area contributed by atoms with Crippen molar-refractivity contribution in [2.75, 3.05) is 5.73 Å². The van der Waals surface area contributed by atoms with Gasteiger partial charge in [-0.2, -0.15) is 0 Å². The molecule has 6 heteroatoms. The number of ether oxygens (including phenoxy) is 1. The molecule has 0 atom stereocenters. The summed E-state index contributed by atoms with van der Waals surface area (Å²) in [6.45, 7) is 6.64. The van der Waals surface area contributed by atoms with Gasteiger partial charge in [-0.05, 0) is 33.3 Å². The number of anilines is 1. The van der Waals surface area contributed by atoms with Gasteiger partial charge in [0.1, 0.15) is 16.2 Å². The first kappa shape index (κ1) is 16.4. The van der Waals surface area contributed by atoms with E-state index in [4.69, 9.17) is 10.5 Å². The van der Waals surface area contributed by atoms with Gasteiger partial charge in [0.15, 0.2) is 11.6 Å². The van der Waals surface area contributed by atoms with Gasteiger partial charge in [0, 0.05) is 16.5 Å². The minimum atomic E-state index is -0.998. The fraction of sp³-hybridized carbons (Fsp3) is 0.312. The molecule has 0 aliphatic rings. The van der Waals surface area contributed by atoms with Gasteiger partial charge in [-0.15, -0.1) is 11.3 Å². The summed E-state index contributed by atoms with van der Waals surface area (Å²) in [5.41, 5.74) is 5.62. The number of carbonyl (C=O) groups is 1. The van der Waals surface area contributed by atoms with Crippen LogP contribution in [0.25, 0.3) is 11.1 Å². The summed E-state index contributed by atoms with van der Waals surface area (Å²) in [4.78, 5) is 12.3. The molecular weight excluding hydrogens is 308 g/mol. The van der Waals surface area contributed by atoms with Crippen molar-refractivity contribution in [3.63, 3.8) is 0 Å². The maximum absolute atomic E-state index is 14.2. The van der Waals surface area contributed by atoms with Gasteiger partial charge in [-0.1, -0.05) is 12.1 Å². The lowest BCUT2D eigenvalue weighted by molar-refractivity contribution is 0.00722. The van der Waals surface area contributed by atoms with Crippen LogP contribution in [0.15, 0.2) is 17.5 Å². The summed E-state index contributed by atoms with van der Waals surface area (Å²) < 4.78 is 33.2. The summed E-state index contributed by atoms with van der Waals surface area (Å²) in [6.07, 6.45) is 0. The van der Waals surface area contributed by atoms with Crippen molar-refractivity contribution in [1.29, 1.82) is 0 Å². The molecule has 0 unspecified atom stereocenters. The van der Waals surface area contributed by atoms with E-state index < -0.39 is 23.2 Å². The monoisotopic (exact) mass is 325 g/mol. The van der Waals surface area contributed by atoms with Crippen molar-refractivity contribution in [2.45, 2.75) is 33.3 Å². The Labute approximate surface area is 131 Å². The minimum absolute atomic E-state index is 0.00286. The molecule has 22 heavy (non-hydrogen) atoms. The zero-order valence-electron chi connectivity index (χ0n) is 12.8. The molecule has 3 nitrogen and oxygen atoms in total. The van der Waals surface area contributed by atoms with Gasteiger partial charge in [-0.25, -0.2) is 13.6 Å². The fourth-order valence-corrected chi connectivity index (χ4v) is 2.77. The second-order valence-electron chi connectivity index (χ2n) is 5.95. The number of thiophene rings is 1.